The van der Waals surface area contributed by atoms with E-state index in [0.29, 0.717) is 11.1 Å². The van der Waals surface area contributed by atoms with Crippen molar-refractivity contribution in [2.75, 3.05) is 6.61 Å². The summed E-state index contributed by atoms with van der Waals surface area (Å²) in [6.45, 7) is -0.440. The molecule has 0 aliphatic carbocycles. The predicted molar refractivity (Wildman–Crippen MR) is 63.0 cm³/mol. The van der Waals surface area contributed by atoms with E-state index < -0.39 is 17.9 Å². The molecule has 0 fully saturated rings. The lowest BCUT2D eigenvalue weighted by atomic mass is 10.1. The van der Waals surface area contributed by atoms with E-state index in [4.69, 9.17) is 15.3 Å². The van der Waals surface area contributed by atoms with Crippen LogP contribution < -0.4 is 5.32 Å². The fourth-order valence-corrected chi connectivity index (χ4v) is 1.39. The van der Waals surface area contributed by atoms with Gasteiger partial charge in [0.2, 0.25) is 0 Å². The molecule has 0 bridgehead atoms. The zero-order chi connectivity index (χ0) is 13.5. The van der Waals surface area contributed by atoms with Crippen molar-refractivity contribution in [3.05, 3.63) is 35.4 Å². The van der Waals surface area contributed by atoms with Crippen LogP contribution in [0.2, 0.25) is 0 Å². The van der Waals surface area contributed by atoms with Crippen LogP contribution in [-0.4, -0.2) is 39.8 Å². The lowest BCUT2D eigenvalue weighted by Crippen LogP contribution is -2.41. The fourth-order valence-electron chi connectivity index (χ4n) is 1.39. The Hall–Kier alpha value is -1.92. The van der Waals surface area contributed by atoms with E-state index >= 15 is 0 Å². The van der Waals surface area contributed by atoms with Gasteiger partial charge in [-0.15, -0.1) is 0 Å². The molecule has 1 aromatic carbocycles. The second-order valence-electron chi connectivity index (χ2n) is 3.73. The van der Waals surface area contributed by atoms with Crippen molar-refractivity contribution >= 4 is 11.9 Å². The molecular formula is C12H15NO5. The standard InChI is InChI=1S/C12H15NO5/c14-6-5-10(12(17)18)13-11(16)9-3-1-8(7-15)2-4-9/h1-4,10,14-15H,5-7H2,(H,13,16)(H,17,18). The van der Waals surface area contributed by atoms with E-state index in [1.165, 1.54) is 12.1 Å². The van der Waals surface area contributed by atoms with Crippen molar-refractivity contribution < 1.29 is 24.9 Å². The van der Waals surface area contributed by atoms with Crippen molar-refractivity contribution in [2.45, 2.75) is 19.1 Å². The topological polar surface area (TPSA) is 107 Å². The highest BCUT2D eigenvalue weighted by Crippen LogP contribution is 2.05. The van der Waals surface area contributed by atoms with Gasteiger partial charge in [-0.2, -0.15) is 0 Å². The van der Waals surface area contributed by atoms with Crippen LogP contribution >= 0.6 is 0 Å². The first-order valence-electron chi connectivity index (χ1n) is 5.42. The third-order valence-corrected chi connectivity index (χ3v) is 2.42. The van der Waals surface area contributed by atoms with Gasteiger partial charge in [0.15, 0.2) is 0 Å². The third-order valence-electron chi connectivity index (χ3n) is 2.42. The SMILES string of the molecule is O=C(NC(CCO)C(=O)O)c1ccc(CO)cc1. The monoisotopic (exact) mass is 253 g/mol. The number of benzene rings is 1. The maximum absolute atomic E-state index is 11.7. The van der Waals surface area contributed by atoms with Crippen LogP contribution in [0.5, 0.6) is 0 Å². The molecule has 6 nitrogen and oxygen atoms in total. The van der Waals surface area contributed by atoms with Crippen LogP contribution in [0.15, 0.2) is 24.3 Å². The molecular weight excluding hydrogens is 238 g/mol. The summed E-state index contributed by atoms with van der Waals surface area (Å²) >= 11 is 0. The molecule has 1 rings (SSSR count). The first-order chi connectivity index (χ1) is 8.58. The summed E-state index contributed by atoms with van der Waals surface area (Å²) in [6, 6.07) is 5.05. The molecule has 1 atom stereocenters. The van der Waals surface area contributed by atoms with Crippen molar-refractivity contribution in [3.63, 3.8) is 0 Å². The highest BCUT2D eigenvalue weighted by atomic mass is 16.4. The Morgan fingerprint density at radius 1 is 1.17 bits per heavy atom. The number of carboxylic acids is 1. The molecule has 0 heterocycles. The zero-order valence-electron chi connectivity index (χ0n) is 9.67. The average molecular weight is 253 g/mol. The van der Waals surface area contributed by atoms with Gasteiger partial charge in [0.05, 0.1) is 6.61 Å². The minimum atomic E-state index is -1.19. The predicted octanol–water partition coefficient (Wildman–Crippen LogP) is -0.256. The molecule has 0 saturated heterocycles. The molecule has 1 unspecified atom stereocenters. The summed E-state index contributed by atoms with van der Waals surface area (Å²) in [4.78, 5) is 22.5. The molecule has 0 aliphatic heterocycles. The molecule has 0 radical (unpaired) electrons. The third kappa shape index (κ3) is 3.83. The minimum Gasteiger partial charge on any atom is -0.480 e. The van der Waals surface area contributed by atoms with E-state index in [-0.39, 0.29) is 19.6 Å². The Morgan fingerprint density at radius 2 is 1.78 bits per heavy atom. The maximum Gasteiger partial charge on any atom is 0.326 e. The van der Waals surface area contributed by atoms with E-state index in [1.807, 2.05) is 0 Å². The summed E-state index contributed by atoms with van der Waals surface area (Å²) in [7, 11) is 0. The quantitative estimate of drug-likeness (QED) is 0.559. The van der Waals surface area contributed by atoms with E-state index in [9.17, 15) is 9.59 Å². The number of aliphatic hydroxyl groups excluding tert-OH is 2. The highest BCUT2D eigenvalue weighted by molar-refractivity contribution is 5.96. The first-order valence-corrected chi connectivity index (χ1v) is 5.42. The Kier molecular flexibility index (Phi) is 5.29. The van der Waals surface area contributed by atoms with Gasteiger partial charge < -0.3 is 20.6 Å². The number of aliphatic carboxylic acids is 1. The minimum absolute atomic E-state index is 0.0458. The fraction of sp³-hybridized carbons (Fsp3) is 0.333. The summed E-state index contributed by atoms with van der Waals surface area (Å²) in [6.07, 6.45) is -0.0458. The second-order valence-corrected chi connectivity index (χ2v) is 3.73. The Balaban J connectivity index is 2.70. The van der Waals surface area contributed by atoms with Gasteiger partial charge in [-0.05, 0) is 17.7 Å². The number of nitrogens with one attached hydrogen (secondary N) is 1. The molecule has 0 aromatic heterocycles. The summed E-state index contributed by atoms with van der Waals surface area (Å²) in [5.74, 6) is -1.72. The van der Waals surface area contributed by atoms with Crippen molar-refractivity contribution in [3.8, 4) is 0 Å². The largest absolute Gasteiger partial charge is 0.480 e. The van der Waals surface area contributed by atoms with Crippen molar-refractivity contribution in [1.29, 1.82) is 0 Å². The van der Waals surface area contributed by atoms with Crippen LogP contribution in [0.4, 0.5) is 0 Å². The Morgan fingerprint density at radius 3 is 2.22 bits per heavy atom. The maximum atomic E-state index is 11.7. The van der Waals surface area contributed by atoms with Crippen LogP contribution in [0, 0.1) is 0 Å². The van der Waals surface area contributed by atoms with Crippen LogP contribution in [-0.2, 0) is 11.4 Å². The Labute approximate surface area is 104 Å². The first kappa shape index (κ1) is 14.1. The van der Waals surface area contributed by atoms with Gasteiger partial charge in [0, 0.05) is 18.6 Å². The number of hydrogen-bond acceptors (Lipinski definition) is 4. The van der Waals surface area contributed by atoms with Crippen molar-refractivity contribution in [1.82, 2.24) is 5.32 Å². The number of carbonyl (C=O) groups excluding carboxylic acids is 1. The molecule has 0 aliphatic rings. The molecule has 0 spiro atoms. The van der Waals surface area contributed by atoms with Gasteiger partial charge in [-0.3, -0.25) is 4.79 Å². The number of amides is 1. The summed E-state index contributed by atoms with van der Waals surface area (Å²) in [5, 5.41) is 28.7. The molecule has 4 N–H and O–H groups in total. The van der Waals surface area contributed by atoms with Crippen LogP contribution in [0.25, 0.3) is 0 Å². The average Bonchev–Trinajstić information content (AvgIpc) is 2.38. The number of carbonyl (C=O) groups is 2. The normalized spacial score (nSPS) is 11.9. The molecule has 1 aromatic rings. The van der Waals surface area contributed by atoms with E-state index in [0.717, 1.165) is 0 Å². The molecule has 0 saturated carbocycles. The van der Waals surface area contributed by atoms with Gasteiger partial charge in [0.1, 0.15) is 6.04 Å². The second kappa shape index (κ2) is 6.73. The molecule has 98 valence electrons. The summed E-state index contributed by atoms with van der Waals surface area (Å²) in [5.41, 5.74) is 0.966. The van der Waals surface area contributed by atoms with Crippen LogP contribution in [0.3, 0.4) is 0 Å². The number of aliphatic hydroxyl groups is 2. The zero-order valence-corrected chi connectivity index (χ0v) is 9.67. The summed E-state index contributed by atoms with van der Waals surface area (Å²) < 4.78 is 0. The molecule has 1 amide bonds. The van der Waals surface area contributed by atoms with Crippen LogP contribution in [0.1, 0.15) is 22.3 Å². The Bertz CT molecular complexity index is 415. The molecule has 18 heavy (non-hydrogen) atoms. The number of rotatable bonds is 6. The van der Waals surface area contributed by atoms with E-state index in [2.05, 4.69) is 5.32 Å². The van der Waals surface area contributed by atoms with E-state index in [1.54, 1.807) is 12.1 Å². The number of carboxylic acid groups (broad SMARTS) is 1. The highest BCUT2D eigenvalue weighted by Gasteiger charge is 2.19. The number of hydrogen-bond donors (Lipinski definition) is 4. The lowest BCUT2D eigenvalue weighted by molar-refractivity contribution is -0.139. The van der Waals surface area contributed by atoms with Crippen molar-refractivity contribution in [2.24, 2.45) is 0 Å². The van der Waals surface area contributed by atoms with Gasteiger partial charge in [0.25, 0.3) is 5.91 Å². The smallest absolute Gasteiger partial charge is 0.326 e. The van der Waals surface area contributed by atoms with Gasteiger partial charge in [-0.1, -0.05) is 12.1 Å². The van der Waals surface area contributed by atoms with Gasteiger partial charge in [-0.25, -0.2) is 4.79 Å². The lowest BCUT2D eigenvalue weighted by Gasteiger charge is -2.13. The molecule has 6 heteroatoms. The van der Waals surface area contributed by atoms with Gasteiger partial charge >= 0.3 is 5.97 Å².